The Hall–Kier alpha value is -4.58. The van der Waals surface area contributed by atoms with Crippen LogP contribution in [0.1, 0.15) is 50.2 Å². The maximum Gasteiger partial charge on any atom is 0.345 e. The van der Waals surface area contributed by atoms with Gasteiger partial charge in [-0.15, -0.1) is 0 Å². The molecule has 0 unspecified atom stereocenters. The number of ether oxygens (including phenoxy) is 3. The Labute approximate surface area is 266 Å². The van der Waals surface area contributed by atoms with Crippen LogP contribution >= 0.6 is 0 Å². The van der Waals surface area contributed by atoms with Gasteiger partial charge < -0.3 is 55.3 Å². The highest BCUT2D eigenvalue weighted by atomic mass is 16.6. The molecule has 47 heavy (non-hydrogen) atoms. The number of hydrogen-bond acceptors (Lipinski definition) is 14. The number of Topliss-reactive ketones (excluding diaryl/α,β-unsaturated/α-hetero) is 1. The van der Waals surface area contributed by atoms with E-state index >= 15 is 0 Å². The molecule has 0 radical (unpaired) electrons. The van der Waals surface area contributed by atoms with Gasteiger partial charge in [-0.05, 0) is 37.6 Å². The van der Waals surface area contributed by atoms with E-state index in [0.29, 0.717) is 12.0 Å². The number of esters is 2. The second kappa shape index (κ2) is 13.3. The Balaban J connectivity index is 1.63. The zero-order valence-corrected chi connectivity index (χ0v) is 25.2. The average Bonchev–Trinajstić information content (AvgIpc) is 3.39. The smallest absolute Gasteiger partial charge is 0.345 e. The molecule has 17 nitrogen and oxygen atoms in total. The number of nitrogens with one attached hydrogen (secondary N) is 1. The van der Waals surface area contributed by atoms with Crippen LogP contribution in [0, 0.1) is 5.92 Å². The van der Waals surface area contributed by atoms with Crippen LogP contribution in [0.4, 0.5) is 0 Å². The molecule has 0 bridgehead atoms. The highest BCUT2D eigenvalue weighted by molar-refractivity contribution is 5.93. The molecule has 0 saturated heterocycles. The van der Waals surface area contributed by atoms with Crippen molar-refractivity contribution >= 4 is 35.6 Å². The number of aromatic hydroxyl groups is 1. The number of benzene rings is 1. The van der Waals surface area contributed by atoms with Crippen molar-refractivity contribution in [3.8, 4) is 11.5 Å². The molecule has 8 N–H and O–H groups in total. The van der Waals surface area contributed by atoms with Crippen molar-refractivity contribution in [2.75, 3.05) is 7.05 Å². The molecule has 2 aliphatic carbocycles. The summed E-state index contributed by atoms with van der Waals surface area (Å²) in [5.41, 5.74) is -1.35. The maximum absolute atomic E-state index is 13.3. The largest absolute Gasteiger partial charge is 0.504 e. The third kappa shape index (κ3) is 6.14. The van der Waals surface area contributed by atoms with Gasteiger partial charge in [-0.2, -0.15) is 0 Å². The van der Waals surface area contributed by atoms with E-state index in [1.165, 1.54) is 12.1 Å². The van der Waals surface area contributed by atoms with E-state index in [0.717, 1.165) is 5.56 Å². The predicted octanol–water partition coefficient (Wildman–Crippen LogP) is -1.25. The normalized spacial score (nSPS) is 26.4. The number of phenols is 1. The first kappa shape index (κ1) is 35.3. The van der Waals surface area contributed by atoms with Crippen molar-refractivity contribution in [3.05, 3.63) is 35.1 Å². The summed E-state index contributed by atoms with van der Waals surface area (Å²) in [7, 11) is 1.68. The molecular formula is C30H35NO16. The quantitative estimate of drug-likeness (QED) is 0.102. The minimum Gasteiger partial charge on any atom is -0.504 e. The number of aliphatic hydroxyl groups excluding tert-OH is 2. The molecule has 0 aromatic heterocycles. The third-order valence-electron chi connectivity index (χ3n) is 9.11. The Bertz CT molecular complexity index is 1520. The number of hydrogen-bond donors (Lipinski definition) is 8. The molecule has 4 rings (SSSR count). The van der Waals surface area contributed by atoms with E-state index in [1.807, 2.05) is 0 Å². The van der Waals surface area contributed by atoms with Crippen molar-refractivity contribution in [3.63, 3.8) is 0 Å². The SMILES string of the molecule is CC[C@]12c3c4ccc(O)c3O[C@H]1C(OC(=O)C[C@H](CC(=O)[C@H](O)[C@@H](O)C(=O)O)C(=O)O[C@@H](CC(=O)O)C(=O)O)=CC[C@@]2(O)[C@H](NC)C4. The minimum absolute atomic E-state index is 0.0396. The average molecular weight is 666 g/mol. The van der Waals surface area contributed by atoms with Gasteiger partial charge in [0.2, 0.25) is 6.10 Å². The Morgan fingerprint density at radius 3 is 2.28 bits per heavy atom. The number of phenolic OH excluding ortho intramolecular Hbond substituents is 1. The van der Waals surface area contributed by atoms with Crippen LogP contribution in [0.25, 0.3) is 0 Å². The van der Waals surface area contributed by atoms with Gasteiger partial charge in [0.1, 0.15) is 11.9 Å². The lowest BCUT2D eigenvalue weighted by Crippen LogP contribution is -2.70. The molecule has 0 fully saturated rings. The number of ketones is 1. The van der Waals surface area contributed by atoms with Crippen molar-refractivity contribution < 1.29 is 78.7 Å². The van der Waals surface area contributed by atoms with E-state index in [1.54, 1.807) is 20.0 Å². The molecule has 0 spiro atoms. The van der Waals surface area contributed by atoms with Crippen LogP contribution in [-0.2, 0) is 50.1 Å². The minimum atomic E-state index is -2.60. The Kier molecular flexibility index (Phi) is 9.96. The fourth-order valence-electron chi connectivity index (χ4n) is 6.84. The van der Waals surface area contributed by atoms with Crippen LogP contribution in [0.15, 0.2) is 24.0 Å². The second-order valence-corrected chi connectivity index (χ2v) is 11.7. The van der Waals surface area contributed by atoms with Crippen LogP contribution in [0.3, 0.4) is 0 Å². The Morgan fingerprint density at radius 2 is 1.70 bits per heavy atom. The molecular weight excluding hydrogens is 630 g/mol. The molecule has 17 heteroatoms. The maximum atomic E-state index is 13.3. The monoisotopic (exact) mass is 665 g/mol. The summed E-state index contributed by atoms with van der Waals surface area (Å²) < 4.78 is 16.5. The van der Waals surface area contributed by atoms with Crippen molar-refractivity contribution in [1.82, 2.24) is 5.32 Å². The van der Waals surface area contributed by atoms with E-state index in [4.69, 9.17) is 24.4 Å². The summed E-state index contributed by atoms with van der Waals surface area (Å²) in [4.78, 5) is 72.5. The summed E-state index contributed by atoms with van der Waals surface area (Å²) in [6.07, 6.45) is -9.83. The first-order valence-corrected chi connectivity index (χ1v) is 14.6. The number of aliphatic carboxylic acids is 3. The first-order valence-electron chi connectivity index (χ1n) is 14.6. The van der Waals surface area contributed by atoms with Gasteiger partial charge in [-0.25, -0.2) is 9.59 Å². The lowest BCUT2D eigenvalue weighted by atomic mass is 9.52. The van der Waals surface area contributed by atoms with E-state index < -0.39 is 102 Å². The highest BCUT2D eigenvalue weighted by Crippen LogP contribution is 2.63. The summed E-state index contributed by atoms with van der Waals surface area (Å²) in [6.45, 7) is 1.79. The summed E-state index contributed by atoms with van der Waals surface area (Å²) in [5, 5.41) is 72.7. The Morgan fingerprint density at radius 1 is 1.02 bits per heavy atom. The second-order valence-electron chi connectivity index (χ2n) is 11.7. The van der Waals surface area contributed by atoms with Gasteiger partial charge in [-0.1, -0.05) is 13.0 Å². The molecule has 0 amide bonds. The third-order valence-corrected chi connectivity index (χ3v) is 9.11. The number of aliphatic hydroxyl groups is 3. The fourth-order valence-corrected chi connectivity index (χ4v) is 6.84. The molecule has 1 aromatic rings. The fraction of sp³-hybridized carbons (Fsp3) is 0.533. The number of likely N-dealkylation sites (N-methyl/N-ethyl adjacent to an activating group) is 1. The molecule has 1 aromatic carbocycles. The lowest BCUT2D eigenvalue weighted by molar-refractivity contribution is -0.172. The van der Waals surface area contributed by atoms with Crippen LogP contribution in [0.5, 0.6) is 11.5 Å². The number of carboxylic acid groups (broad SMARTS) is 3. The van der Waals surface area contributed by atoms with Crippen LogP contribution < -0.4 is 10.1 Å². The molecule has 1 aliphatic heterocycles. The number of carbonyl (C=O) groups excluding carboxylic acids is 3. The zero-order valence-electron chi connectivity index (χ0n) is 25.2. The zero-order chi connectivity index (χ0) is 35.0. The molecule has 256 valence electrons. The molecule has 3 aliphatic rings. The van der Waals surface area contributed by atoms with E-state index in [2.05, 4.69) is 5.32 Å². The first-order chi connectivity index (χ1) is 22.0. The molecule has 8 atom stereocenters. The van der Waals surface area contributed by atoms with Crippen molar-refractivity contribution in [2.45, 2.75) is 86.9 Å². The predicted molar refractivity (Wildman–Crippen MR) is 152 cm³/mol. The summed E-state index contributed by atoms with van der Waals surface area (Å²) >= 11 is 0. The van der Waals surface area contributed by atoms with Crippen molar-refractivity contribution in [1.29, 1.82) is 0 Å². The standard InChI is InChI=1S/C30H35NO16/c1-3-29-21-12-4-5-14(32)24(21)47-25(29)16(6-7-30(29,44)18(9-12)31-2)45-20(36)10-13(8-15(33)22(37)23(38)27(41)42)28(43)46-17(26(39)40)11-19(34)35/h4-6,13,17-18,22-23,25,31-32,37-38,44H,3,7-11H2,1-2H3,(H,34,35)(H,39,40)(H,41,42)/t13-,17-,18+,22-,23+,25-,29-,30+/m0/s1. The van der Waals surface area contributed by atoms with E-state index in [-0.39, 0.29) is 30.1 Å². The molecule has 1 heterocycles. The van der Waals surface area contributed by atoms with Gasteiger partial charge in [0, 0.05) is 24.4 Å². The van der Waals surface area contributed by atoms with Crippen LogP contribution in [-0.4, -0.2) is 114 Å². The number of carbonyl (C=O) groups is 6. The summed E-state index contributed by atoms with van der Waals surface area (Å²) in [6, 6.07) is 2.68. The lowest BCUT2D eigenvalue weighted by Gasteiger charge is -2.56. The number of carboxylic acids is 3. The van der Waals surface area contributed by atoms with Crippen LogP contribution in [0.2, 0.25) is 0 Å². The van der Waals surface area contributed by atoms with Gasteiger partial charge in [0.25, 0.3) is 0 Å². The topological polar surface area (TPSA) is 284 Å². The number of rotatable bonds is 15. The molecule has 0 saturated carbocycles. The highest BCUT2D eigenvalue weighted by Gasteiger charge is 2.69. The summed E-state index contributed by atoms with van der Waals surface area (Å²) in [5.74, 6) is -11.8. The van der Waals surface area contributed by atoms with Gasteiger partial charge in [0.15, 0.2) is 29.5 Å². The van der Waals surface area contributed by atoms with E-state index in [9.17, 15) is 54.3 Å². The van der Waals surface area contributed by atoms with Crippen molar-refractivity contribution in [2.24, 2.45) is 5.92 Å². The van der Waals surface area contributed by atoms with Gasteiger partial charge >= 0.3 is 29.8 Å². The van der Waals surface area contributed by atoms with Gasteiger partial charge in [-0.3, -0.25) is 19.2 Å². The van der Waals surface area contributed by atoms with Gasteiger partial charge in [0.05, 0.1) is 29.8 Å².